The van der Waals surface area contributed by atoms with E-state index in [0.717, 1.165) is 0 Å². The van der Waals surface area contributed by atoms with E-state index in [1.165, 1.54) is 6.08 Å². The predicted octanol–water partition coefficient (Wildman–Crippen LogP) is 2.86. The molecular weight excluding hydrogens is 457 g/mol. The van der Waals surface area contributed by atoms with Gasteiger partial charge in [-0.25, -0.2) is 4.79 Å². The predicted molar refractivity (Wildman–Crippen MR) is 130 cm³/mol. The van der Waals surface area contributed by atoms with Crippen molar-refractivity contribution in [3.63, 3.8) is 0 Å². The highest BCUT2D eigenvalue weighted by Gasteiger charge is 2.57. The summed E-state index contributed by atoms with van der Waals surface area (Å²) in [6.07, 6.45) is 0.815. The summed E-state index contributed by atoms with van der Waals surface area (Å²) in [7, 11) is -9.20. The molecule has 0 bridgehead atoms. The number of hydrogen-bond acceptors (Lipinski definition) is 8. The van der Waals surface area contributed by atoms with Gasteiger partial charge in [0, 0.05) is 6.08 Å². The van der Waals surface area contributed by atoms with Crippen molar-refractivity contribution in [3.05, 3.63) is 12.7 Å². The van der Waals surface area contributed by atoms with Gasteiger partial charge in [0.2, 0.25) is 0 Å². The smallest absolute Gasteiger partial charge is 0.455 e. The van der Waals surface area contributed by atoms with Gasteiger partial charge in [0.05, 0.1) is 13.2 Å². The fourth-order valence-corrected chi connectivity index (χ4v) is 16.4. The lowest BCUT2D eigenvalue weighted by molar-refractivity contribution is -0.141. The number of hydrogen-bond donors (Lipinski definition) is 3. The largest absolute Gasteiger partial charge is 0.512 e. The van der Waals surface area contributed by atoms with Gasteiger partial charge < -0.3 is 32.4 Å². The number of carbonyl (C=O) groups is 1. The zero-order valence-electron chi connectivity index (χ0n) is 20.4. The third kappa shape index (κ3) is 15.6. The van der Waals surface area contributed by atoms with Crippen LogP contribution in [-0.2, 0) is 21.9 Å². The Bertz CT molecular complexity index is 467. The lowest BCUT2D eigenvalue weighted by atomic mass is 10.4. The number of carbonyl (C=O) groups excluding carboxylic acids is 1. The zero-order valence-corrected chi connectivity index (χ0v) is 24.4. The molecule has 30 heavy (non-hydrogen) atoms. The molecule has 180 valence electrons. The van der Waals surface area contributed by atoms with Crippen LogP contribution < -0.4 is 0 Å². The first-order chi connectivity index (χ1) is 13.3. The Kier molecular flexibility index (Phi) is 14.3. The fraction of sp³-hybridized carbons (Fsp3) is 0.833. The van der Waals surface area contributed by atoms with Crippen LogP contribution in [0.3, 0.4) is 0 Å². The first-order valence-electron chi connectivity index (χ1n) is 10.2. The van der Waals surface area contributed by atoms with Crippen molar-refractivity contribution < 1.29 is 37.2 Å². The van der Waals surface area contributed by atoms with Crippen LogP contribution in [0.25, 0.3) is 0 Å². The van der Waals surface area contributed by atoms with Crippen molar-refractivity contribution in [3.8, 4) is 0 Å². The molecular formula is C18H44O8Si4. The second-order valence-electron chi connectivity index (χ2n) is 9.80. The third-order valence-electron chi connectivity index (χ3n) is 2.96. The van der Waals surface area contributed by atoms with E-state index in [1.807, 2.05) is 6.92 Å². The van der Waals surface area contributed by atoms with Crippen LogP contribution in [0, 0.1) is 0 Å². The van der Waals surface area contributed by atoms with Crippen molar-refractivity contribution in [2.24, 2.45) is 0 Å². The molecule has 3 N–H and O–H groups in total. The minimum Gasteiger partial charge on any atom is -0.455 e. The molecule has 0 aromatic carbocycles. The topological polar surface area (TPSA) is 115 Å². The number of aliphatic hydroxyl groups is 3. The van der Waals surface area contributed by atoms with Gasteiger partial charge in [0.1, 0.15) is 6.10 Å². The molecule has 0 heterocycles. The molecule has 0 spiro atoms. The normalized spacial score (nSPS) is 14.1. The molecule has 0 aliphatic heterocycles. The van der Waals surface area contributed by atoms with Gasteiger partial charge in [-0.15, -0.1) is 0 Å². The SMILES string of the molecule is C=CC(=O)OC(CC)[Si](O[Si](C)(C)C)(O[Si](C)(C)C)O[Si](C)(C)C.OCC(O)CO. The second kappa shape index (κ2) is 13.4. The summed E-state index contributed by atoms with van der Waals surface area (Å²) in [4.78, 5) is 11.9. The highest BCUT2D eigenvalue weighted by atomic mass is 28.5. The van der Waals surface area contributed by atoms with Crippen molar-refractivity contribution in [2.75, 3.05) is 13.2 Å². The first kappa shape index (κ1) is 32.0. The molecule has 0 saturated carbocycles. The molecule has 12 heteroatoms. The number of aliphatic hydroxyl groups excluding tert-OH is 3. The molecule has 0 fully saturated rings. The van der Waals surface area contributed by atoms with E-state index in [0.29, 0.717) is 6.42 Å². The van der Waals surface area contributed by atoms with Gasteiger partial charge in [-0.1, -0.05) is 13.5 Å². The zero-order chi connectivity index (χ0) is 24.4. The van der Waals surface area contributed by atoms with E-state index in [1.54, 1.807) is 0 Å². The van der Waals surface area contributed by atoms with Crippen molar-refractivity contribution in [1.29, 1.82) is 0 Å². The number of esters is 1. The maximum absolute atomic E-state index is 11.9. The Balaban J connectivity index is 0. The van der Waals surface area contributed by atoms with Crippen molar-refractivity contribution >= 4 is 39.7 Å². The Labute approximate surface area is 187 Å². The van der Waals surface area contributed by atoms with Gasteiger partial charge in [-0.05, 0) is 65.3 Å². The van der Waals surface area contributed by atoms with Gasteiger partial charge in [0.25, 0.3) is 0 Å². The van der Waals surface area contributed by atoms with Crippen molar-refractivity contribution in [2.45, 2.75) is 84.1 Å². The molecule has 0 aromatic heterocycles. The molecule has 0 aliphatic carbocycles. The van der Waals surface area contributed by atoms with Crippen LogP contribution in [0.15, 0.2) is 12.7 Å². The lowest BCUT2D eigenvalue weighted by Crippen LogP contribution is -2.67. The summed E-state index contributed by atoms with van der Waals surface area (Å²) in [5.74, 6) is -0.462. The summed E-state index contributed by atoms with van der Waals surface area (Å²) >= 11 is 0. The van der Waals surface area contributed by atoms with E-state index >= 15 is 0 Å². The Hall–Kier alpha value is -0.162. The first-order valence-corrected chi connectivity index (χ1v) is 22.2. The van der Waals surface area contributed by atoms with Crippen LogP contribution in [0.4, 0.5) is 0 Å². The quantitative estimate of drug-likeness (QED) is 0.213. The van der Waals surface area contributed by atoms with E-state index in [-0.39, 0.29) is 13.2 Å². The van der Waals surface area contributed by atoms with E-state index in [2.05, 4.69) is 65.5 Å². The summed E-state index contributed by atoms with van der Waals surface area (Å²) in [5.41, 5.74) is -0.506. The van der Waals surface area contributed by atoms with Crippen molar-refractivity contribution in [1.82, 2.24) is 0 Å². The fourth-order valence-electron chi connectivity index (χ4n) is 2.19. The monoisotopic (exact) mass is 500 g/mol. The average molecular weight is 501 g/mol. The third-order valence-corrected chi connectivity index (χ3v) is 15.0. The maximum atomic E-state index is 11.9. The van der Waals surface area contributed by atoms with Crippen LogP contribution in [-0.4, -0.2) is 80.1 Å². The van der Waals surface area contributed by atoms with Gasteiger partial charge in [-0.2, -0.15) is 0 Å². The van der Waals surface area contributed by atoms with Gasteiger partial charge in [-0.3, -0.25) is 0 Å². The molecule has 1 unspecified atom stereocenters. The minimum atomic E-state index is -3.22. The van der Waals surface area contributed by atoms with Gasteiger partial charge in [0.15, 0.2) is 30.7 Å². The van der Waals surface area contributed by atoms with E-state index < -0.39 is 51.6 Å². The maximum Gasteiger partial charge on any atom is 0.512 e. The Morgan fingerprint density at radius 1 is 0.867 bits per heavy atom. The molecule has 0 amide bonds. The van der Waals surface area contributed by atoms with E-state index in [4.69, 9.17) is 32.4 Å². The standard InChI is InChI=1S/C15H36O5Si4.C3H8O3/c1-12-14(16)17-15(13-2)24(18-21(3,4)5,19-22(6,7)8)20-23(9,10)11;4-1-3(6)2-5/h12,15H,1,13H2,2-11H3;3-6H,1-2H2. The summed E-state index contributed by atoms with van der Waals surface area (Å²) in [6.45, 7) is 23.7. The highest BCUT2D eigenvalue weighted by Crippen LogP contribution is 2.31. The molecule has 0 radical (unpaired) electrons. The van der Waals surface area contributed by atoms with Crippen LogP contribution >= 0.6 is 0 Å². The highest BCUT2D eigenvalue weighted by molar-refractivity contribution is 6.90. The second-order valence-corrected chi connectivity index (χ2v) is 26.8. The Morgan fingerprint density at radius 2 is 1.20 bits per heavy atom. The van der Waals surface area contributed by atoms with Crippen LogP contribution in [0.2, 0.25) is 58.9 Å². The van der Waals surface area contributed by atoms with Gasteiger partial charge >= 0.3 is 14.8 Å². The number of rotatable bonds is 12. The molecule has 1 atom stereocenters. The molecule has 8 nitrogen and oxygen atoms in total. The summed E-state index contributed by atoms with van der Waals surface area (Å²) < 4.78 is 25.3. The molecule has 0 aromatic rings. The van der Waals surface area contributed by atoms with Crippen LogP contribution in [0.5, 0.6) is 0 Å². The van der Waals surface area contributed by atoms with E-state index in [9.17, 15) is 4.79 Å². The Morgan fingerprint density at radius 3 is 1.37 bits per heavy atom. The lowest BCUT2D eigenvalue weighted by Gasteiger charge is -2.45. The minimum absolute atomic E-state index is 0.365. The molecule has 0 saturated heterocycles. The molecule has 0 aliphatic rings. The average Bonchev–Trinajstić information content (AvgIpc) is 2.54. The summed E-state index contributed by atoms with van der Waals surface area (Å²) in [6, 6.07) is 0. The van der Waals surface area contributed by atoms with Crippen LogP contribution in [0.1, 0.15) is 13.3 Å². The summed E-state index contributed by atoms with van der Waals surface area (Å²) in [5, 5.41) is 24.0. The molecule has 0 rings (SSSR count). The number of ether oxygens (including phenoxy) is 1.